The number of hydrogen-bond acceptors (Lipinski definition) is 8. The Bertz CT molecular complexity index is 674. The number of carbonyl (C=O) groups excluding carboxylic acids is 3. The summed E-state index contributed by atoms with van der Waals surface area (Å²) in [5.41, 5.74) is 0. The molecule has 0 spiro atoms. The van der Waals surface area contributed by atoms with E-state index in [1.807, 2.05) is 0 Å². The van der Waals surface area contributed by atoms with Crippen molar-refractivity contribution in [2.75, 3.05) is 13.2 Å². The Morgan fingerprint density at radius 1 is 0.774 bits per heavy atom. The fourth-order valence-electron chi connectivity index (χ4n) is 4.14. The molecule has 6 unspecified atom stereocenters. The molecule has 8 heteroatoms. The second-order valence-electron chi connectivity index (χ2n) is 8.30. The van der Waals surface area contributed by atoms with Gasteiger partial charge in [0, 0.05) is 6.08 Å². The lowest BCUT2D eigenvalue weighted by molar-refractivity contribution is -0.150. The zero-order valence-corrected chi connectivity index (χ0v) is 17.9. The van der Waals surface area contributed by atoms with E-state index in [9.17, 15) is 14.4 Å². The molecule has 2 saturated heterocycles. The van der Waals surface area contributed by atoms with Crippen molar-refractivity contribution in [1.82, 2.24) is 0 Å². The predicted molar refractivity (Wildman–Crippen MR) is 110 cm³/mol. The minimum absolute atomic E-state index is 0.00217. The first kappa shape index (κ1) is 23.5. The Balaban J connectivity index is 0.000000194. The van der Waals surface area contributed by atoms with Gasteiger partial charge in [0.2, 0.25) is 0 Å². The molecule has 2 heterocycles. The highest BCUT2D eigenvalue weighted by molar-refractivity contribution is 5.81. The van der Waals surface area contributed by atoms with Crippen LogP contribution in [0.3, 0.4) is 0 Å². The van der Waals surface area contributed by atoms with Gasteiger partial charge < -0.3 is 23.7 Å². The molecule has 0 aromatic heterocycles. The molecule has 172 valence electrons. The molecule has 4 rings (SSSR count). The summed E-state index contributed by atoms with van der Waals surface area (Å²) in [7, 11) is 0. The van der Waals surface area contributed by atoms with Crippen LogP contribution in [0.25, 0.3) is 0 Å². The Morgan fingerprint density at radius 3 is 1.84 bits per heavy atom. The van der Waals surface area contributed by atoms with Crippen LogP contribution in [0.4, 0.5) is 0 Å². The maximum absolute atomic E-state index is 11.8. The fraction of sp³-hybridized carbons (Fsp3) is 0.696. The summed E-state index contributed by atoms with van der Waals surface area (Å²) < 4.78 is 25.5. The van der Waals surface area contributed by atoms with E-state index in [2.05, 4.69) is 13.2 Å². The van der Waals surface area contributed by atoms with E-state index in [0.29, 0.717) is 50.5 Å². The molecule has 0 radical (unpaired) electrons. The van der Waals surface area contributed by atoms with Crippen molar-refractivity contribution in [3.05, 3.63) is 25.5 Å². The summed E-state index contributed by atoms with van der Waals surface area (Å²) in [5.74, 6) is -0.650. The van der Waals surface area contributed by atoms with Crippen LogP contribution in [0.1, 0.15) is 51.4 Å². The average Bonchev–Trinajstić information content (AvgIpc) is 3.69. The summed E-state index contributed by atoms with van der Waals surface area (Å²) in [6.07, 6.45) is 10.6. The average molecular weight is 437 g/mol. The van der Waals surface area contributed by atoms with E-state index < -0.39 is 5.97 Å². The minimum Gasteiger partial charge on any atom is -0.465 e. The molecule has 0 aromatic carbocycles. The Hall–Kier alpha value is -2.19. The molecule has 4 aliphatic rings. The van der Waals surface area contributed by atoms with E-state index in [1.165, 1.54) is 6.26 Å². The lowest BCUT2D eigenvalue weighted by Gasteiger charge is -2.17. The molecule has 2 saturated carbocycles. The van der Waals surface area contributed by atoms with Crippen LogP contribution in [0.2, 0.25) is 0 Å². The third-order valence-corrected chi connectivity index (χ3v) is 6.07. The van der Waals surface area contributed by atoms with Crippen LogP contribution in [-0.2, 0) is 38.1 Å². The summed E-state index contributed by atoms with van der Waals surface area (Å²) in [5, 5.41) is 0. The van der Waals surface area contributed by atoms with Gasteiger partial charge in [-0.25, -0.2) is 4.79 Å². The number of ether oxygens (including phenoxy) is 5. The highest BCUT2D eigenvalue weighted by atomic mass is 16.6. The summed E-state index contributed by atoms with van der Waals surface area (Å²) >= 11 is 0. The van der Waals surface area contributed by atoms with Crippen molar-refractivity contribution >= 4 is 17.9 Å². The van der Waals surface area contributed by atoms with Gasteiger partial charge in [0.25, 0.3) is 0 Å². The number of fused-ring (bicyclic) bond motifs is 2. The molecule has 2 aliphatic carbocycles. The Kier molecular flexibility index (Phi) is 8.66. The number of rotatable bonds is 9. The molecule has 0 N–H and O–H groups in total. The van der Waals surface area contributed by atoms with Crippen LogP contribution >= 0.6 is 0 Å². The smallest absolute Gasteiger partial charge is 0.330 e. The van der Waals surface area contributed by atoms with Crippen LogP contribution in [0.15, 0.2) is 25.5 Å². The standard InChI is InChI=1S/C14H20O5.C9H12O3/c1-2-13(15)17-7-3-4-8-18-14(16)10-5-6-11-12(9-10)19-11;1-2-11-9(10)6-3-4-7-8(5-6)12-7/h2,10-12H,1,3-9H2;2,6-8H,1,3-5H2. The zero-order chi connectivity index (χ0) is 22.2. The largest absolute Gasteiger partial charge is 0.465 e. The van der Waals surface area contributed by atoms with Crippen molar-refractivity contribution in [1.29, 1.82) is 0 Å². The van der Waals surface area contributed by atoms with Gasteiger partial charge in [0.05, 0.1) is 55.7 Å². The third-order valence-electron chi connectivity index (χ3n) is 6.07. The van der Waals surface area contributed by atoms with Gasteiger partial charge in [-0.15, -0.1) is 0 Å². The van der Waals surface area contributed by atoms with Crippen LogP contribution in [0, 0.1) is 11.8 Å². The predicted octanol–water partition coefficient (Wildman–Crippen LogP) is 2.85. The lowest BCUT2D eigenvalue weighted by atomic mass is 9.89. The fourth-order valence-corrected chi connectivity index (χ4v) is 4.14. The second-order valence-corrected chi connectivity index (χ2v) is 8.30. The van der Waals surface area contributed by atoms with Crippen molar-refractivity contribution in [2.24, 2.45) is 11.8 Å². The van der Waals surface area contributed by atoms with Crippen molar-refractivity contribution < 1.29 is 38.1 Å². The SMILES string of the molecule is C=CC(=O)OCCCCOC(=O)C1CCC2OC2C1.C=COC(=O)C1CCC2OC2C1. The molecule has 31 heavy (non-hydrogen) atoms. The quantitative estimate of drug-likeness (QED) is 0.136. The molecular formula is C23H32O8. The van der Waals surface area contributed by atoms with Gasteiger partial charge in [0.1, 0.15) is 0 Å². The molecule has 6 atom stereocenters. The van der Waals surface area contributed by atoms with E-state index in [-0.39, 0.29) is 23.8 Å². The maximum Gasteiger partial charge on any atom is 0.330 e. The van der Waals surface area contributed by atoms with Gasteiger partial charge >= 0.3 is 17.9 Å². The normalized spacial score (nSPS) is 32.0. The van der Waals surface area contributed by atoms with E-state index in [0.717, 1.165) is 44.6 Å². The monoisotopic (exact) mass is 436 g/mol. The Labute approximate surface area is 182 Å². The minimum atomic E-state index is -0.418. The van der Waals surface area contributed by atoms with Gasteiger partial charge in [-0.2, -0.15) is 0 Å². The van der Waals surface area contributed by atoms with E-state index in [1.54, 1.807) is 0 Å². The van der Waals surface area contributed by atoms with E-state index in [4.69, 9.17) is 23.7 Å². The first-order valence-corrected chi connectivity index (χ1v) is 11.1. The van der Waals surface area contributed by atoms with E-state index >= 15 is 0 Å². The molecule has 0 aromatic rings. The lowest BCUT2D eigenvalue weighted by Crippen LogP contribution is -2.24. The molecule has 8 nitrogen and oxygen atoms in total. The first-order chi connectivity index (χ1) is 15.0. The number of hydrogen-bond donors (Lipinski definition) is 0. The highest BCUT2D eigenvalue weighted by Crippen LogP contribution is 2.40. The van der Waals surface area contributed by atoms with Gasteiger partial charge in [-0.3, -0.25) is 9.59 Å². The number of unbranched alkanes of at least 4 members (excludes halogenated alkanes) is 1. The third kappa shape index (κ3) is 7.47. The van der Waals surface area contributed by atoms with Gasteiger partial charge in [0.15, 0.2) is 0 Å². The summed E-state index contributed by atoms with van der Waals surface area (Å²) in [6, 6.07) is 0. The maximum atomic E-state index is 11.8. The number of carbonyl (C=O) groups is 3. The van der Waals surface area contributed by atoms with Gasteiger partial charge in [-0.05, 0) is 51.4 Å². The first-order valence-electron chi connectivity index (χ1n) is 11.1. The molecule has 0 amide bonds. The summed E-state index contributed by atoms with van der Waals surface area (Å²) in [4.78, 5) is 33.7. The zero-order valence-electron chi connectivity index (χ0n) is 17.9. The molecule has 2 aliphatic heterocycles. The number of esters is 3. The Morgan fingerprint density at radius 2 is 1.32 bits per heavy atom. The molecule has 0 bridgehead atoms. The number of epoxide rings is 2. The van der Waals surface area contributed by atoms with Crippen LogP contribution in [-0.4, -0.2) is 55.5 Å². The van der Waals surface area contributed by atoms with Gasteiger partial charge in [-0.1, -0.05) is 13.2 Å². The van der Waals surface area contributed by atoms with Crippen molar-refractivity contribution in [2.45, 2.75) is 75.8 Å². The van der Waals surface area contributed by atoms with Crippen molar-refractivity contribution in [3.8, 4) is 0 Å². The topological polar surface area (TPSA) is 104 Å². The molecule has 4 fully saturated rings. The van der Waals surface area contributed by atoms with Crippen LogP contribution < -0.4 is 0 Å². The highest BCUT2D eigenvalue weighted by Gasteiger charge is 2.46. The second kappa shape index (κ2) is 11.4. The summed E-state index contributed by atoms with van der Waals surface area (Å²) in [6.45, 7) is 7.38. The molecular weight excluding hydrogens is 404 g/mol. The van der Waals surface area contributed by atoms with Crippen molar-refractivity contribution in [3.63, 3.8) is 0 Å². The van der Waals surface area contributed by atoms with Crippen LogP contribution in [0.5, 0.6) is 0 Å².